The molecule has 0 N–H and O–H groups in total. The first-order chi connectivity index (χ1) is 9.51. The molecule has 104 valence electrons. The fourth-order valence-electron chi connectivity index (χ4n) is 1.55. The minimum absolute atomic E-state index is 0.143. The second-order valence-electron chi connectivity index (χ2n) is 3.77. The van der Waals surface area contributed by atoms with Gasteiger partial charge in [0.1, 0.15) is 0 Å². The van der Waals surface area contributed by atoms with Crippen molar-refractivity contribution in [2.75, 3.05) is 7.11 Å². The maximum absolute atomic E-state index is 13.1. The van der Waals surface area contributed by atoms with Gasteiger partial charge in [-0.15, -0.1) is 0 Å². The first-order valence-electron chi connectivity index (χ1n) is 5.46. The summed E-state index contributed by atoms with van der Waals surface area (Å²) >= 11 is 1.09. The third kappa shape index (κ3) is 3.05. The highest BCUT2D eigenvalue weighted by molar-refractivity contribution is 7.99. The molecule has 0 unspecified atom stereocenters. The van der Waals surface area contributed by atoms with E-state index in [4.69, 9.17) is 4.74 Å². The molecule has 0 saturated carbocycles. The summed E-state index contributed by atoms with van der Waals surface area (Å²) in [4.78, 5) is 11.3. The molecule has 0 aliphatic rings. The number of nitrogens with zero attached hydrogens (tertiary/aromatic N) is 1. The van der Waals surface area contributed by atoms with Crippen LogP contribution in [-0.4, -0.2) is 12.0 Å². The number of nitro benzene ring substituents is 1. The van der Waals surface area contributed by atoms with Gasteiger partial charge in [-0.3, -0.25) is 10.1 Å². The molecule has 0 heterocycles. The number of nitro groups is 1. The topological polar surface area (TPSA) is 52.4 Å². The van der Waals surface area contributed by atoms with E-state index in [2.05, 4.69) is 0 Å². The Morgan fingerprint density at radius 2 is 1.75 bits per heavy atom. The van der Waals surface area contributed by atoms with Crippen molar-refractivity contribution in [1.82, 2.24) is 0 Å². The van der Waals surface area contributed by atoms with Gasteiger partial charge < -0.3 is 4.74 Å². The smallest absolute Gasteiger partial charge is 0.312 e. The summed E-state index contributed by atoms with van der Waals surface area (Å²) in [6.45, 7) is 0. The zero-order valence-electron chi connectivity index (χ0n) is 10.3. The Morgan fingerprint density at radius 3 is 2.35 bits per heavy atom. The first-order valence-corrected chi connectivity index (χ1v) is 6.28. The lowest BCUT2D eigenvalue weighted by Crippen LogP contribution is -1.93. The van der Waals surface area contributed by atoms with Crippen LogP contribution in [0.3, 0.4) is 0 Å². The summed E-state index contributed by atoms with van der Waals surface area (Å²) in [6, 6.07) is 7.84. The number of benzene rings is 2. The van der Waals surface area contributed by atoms with E-state index in [1.165, 1.54) is 25.3 Å². The van der Waals surface area contributed by atoms with Gasteiger partial charge in [0.25, 0.3) is 0 Å². The molecule has 0 saturated heterocycles. The van der Waals surface area contributed by atoms with Crippen molar-refractivity contribution in [3.63, 3.8) is 0 Å². The molecular weight excluding hydrogens is 288 g/mol. The highest BCUT2D eigenvalue weighted by atomic mass is 32.2. The second kappa shape index (κ2) is 5.87. The van der Waals surface area contributed by atoms with Gasteiger partial charge in [0.15, 0.2) is 17.4 Å². The summed E-state index contributed by atoms with van der Waals surface area (Å²) in [5.74, 6) is -1.75. The molecular formula is C13H9F2NO3S. The molecule has 0 bridgehead atoms. The van der Waals surface area contributed by atoms with E-state index in [-0.39, 0.29) is 11.4 Å². The molecule has 7 heteroatoms. The molecule has 4 nitrogen and oxygen atoms in total. The van der Waals surface area contributed by atoms with Gasteiger partial charge >= 0.3 is 5.69 Å². The average Bonchev–Trinajstić information content (AvgIpc) is 2.43. The predicted octanol–water partition coefficient (Wildman–Crippen LogP) is 4.03. The van der Waals surface area contributed by atoms with E-state index >= 15 is 0 Å². The Kier molecular flexibility index (Phi) is 4.19. The van der Waals surface area contributed by atoms with E-state index in [1.807, 2.05) is 0 Å². The van der Waals surface area contributed by atoms with Gasteiger partial charge in [-0.25, -0.2) is 8.78 Å². The van der Waals surface area contributed by atoms with E-state index in [0.29, 0.717) is 9.79 Å². The molecule has 0 fully saturated rings. The number of hydrogen-bond acceptors (Lipinski definition) is 4. The molecule has 20 heavy (non-hydrogen) atoms. The molecule has 0 radical (unpaired) electrons. The second-order valence-corrected chi connectivity index (χ2v) is 4.92. The SMILES string of the molecule is COc1ccc(Sc2ccc(F)c(F)c2)cc1[N+](=O)[O-]. The van der Waals surface area contributed by atoms with Gasteiger partial charge in [0.05, 0.1) is 12.0 Å². The van der Waals surface area contributed by atoms with Crippen LogP contribution in [-0.2, 0) is 0 Å². The average molecular weight is 297 g/mol. The summed E-state index contributed by atoms with van der Waals surface area (Å²) in [5, 5.41) is 10.9. The third-order valence-electron chi connectivity index (χ3n) is 2.47. The zero-order valence-corrected chi connectivity index (χ0v) is 11.1. The first kappa shape index (κ1) is 14.3. The van der Waals surface area contributed by atoms with E-state index in [0.717, 1.165) is 23.9 Å². The lowest BCUT2D eigenvalue weighted by atomic mass is 10.3. The monoisotopic (exact) mass is 297 g/mol. The highest BCUT2D eigenvalue weighted by Gasteiger charge is 2.15. The van der Waals surface area contributed by atoms with E-state index in [9.17, 15) is 18.9 Å². The van der Waals surface area contributed by atoms with Crippen LogP contribution in [0.4, 0.5) is 14.5 Å². The van der Waals surface area contributed by atoms with Crippen LogP contribution >= 0.6 is 11.8 Å². The van der Waals surface area contributed by atoms with Crippen LogP contribution in [0, 0.1) is 21.7 Å². The van der Waals surface area contributed by atoms with Crippen LogP contribution in [0.5, 0.6) is 5.75 Å². The van der Waals surface area contributed by atoms with Crippen molar-refractivity contribution in [3.8, 4) is 5.75 Å². The molecule has 0 amide bonds. The quantitative estimate of drug-likeness (QED) is 0.631. The minimum Gasteiger partial charge on any atom is -0.490 e. The summed E-state index contributed by atoms with van der Waals surface area (Å²) < 4.78 is 30.8. The van der Waals surface area contributed by atoms with Gasteiger partial charge in [-0.1, -0.05) is 11.8 Å². The number of methoxy groups -OCH3 is 1. The van der Waals surface area contributed by atoms with Crippen LogP contribution in [0.1, 0.15) is 0 Å². The predicted molar refractivity (Wildman–Crippen MR) is 70.1 cm³/mol. The van der Waals surface area contributed by atoms with Crippen molar-refractivity contribution in [1.29, 1.82) is 0 Å². The van der Waals surface area contributed by atoms with Crippen molar-refractivity contribution in [2.45, 2.75) is 9.79 Å². The molecule has 0 spiro atoms. The molecule has 0 aliphatic carbocycles. The molecule has 2 aromatic carbocycles. The Morgan fingerprint density at radius 1 is 1.10 bits per heavy atom. The van der Waals surface area contributed by atoms with Gasteiger partial charge in [-0.05, 0) is 30.3 Å². The van der Waals surface area contributed by atoms with E-state index < -0.39 is 16.6 Å². The van der Waals surface area contributed by atoms with Crippen molar-refractivity contribution < 1.29 is 18.4 Å². The van der Waals surface area contributed by atoms with Crippen molar-refractivity contribution >= 4 is 17.4 Å². The Hall–Kier alpha value is -2.15. The fourth-order valence-corrected chi connectivity index (χ4v) is 2.43. The van der Waals surface area contributed by atoms with Crippen LogP contribution in [0.2, 0.25) is 0 Å². The van der Waals surface area contributed by atoms with Crippen molar-refractivity contribution in [2.24, 2.45) is 0 Å². The van der Waals surface area contributed by atoms with Gasteiger partial charge in [0.2, 0.25) is 0 Å². The normalized spacial score (nSPS) is 10.3. The van der Waals surface area contributed by atoms with Crippen LogP contribution in [0.25, 0.3) is 0 Å². The lowest BCUT2D eigenvalue weighted by Gasteiger charge is -2.05. The zero-order chi connectivity index (χ0) is 14.7. The number of rotatable bonds is 4. The molecule has 2 rings (SSSR count). The fraction of sp³-hybridized carbons (Fsp3) is 0.0769. The summed E-state index contributed by atoms with van der Waals surface area (Å²) in [7, 11) is 1.34. The van der Waals surface area contributed by atoms with Crippen LogP contribution in [0.15, 0.2) is 46.2 Å². The lowest BCUT2D eigenvalue weighted by molar-refractivity contribution is -0.386. The third-order valence-corrected chi connectivity index (χ3v) is 3.45. The number of halogens is 2. The highest BCUT2D eigenvalue weighted by Crippen LogP contribution is 2.35. The Balaban J connectivity index is 2.31. The maximum atomic E-state index is 13.1. The number of hydrogen-bond donors (Lipinski definition) is 0. The molecule has 0 aliphatic heterocycles. The molecule has 0 aromatic heterocycles. The van der Waals surface area contributed by atoms with E-state index in [1.54, 1.807) is 6.07 Å². The Labute approximate surface area is 117 Å². The maximum Gasteiger partial charge on any atom is 0.312 e. The van der Waals surface area contributed by atoms with Gasteiger partial charge in [0, 0.05) is 15.9 Å². The van der Waals surface area contributed by atoms with Gasteiger partial charge in [-0.2, -0.15) is 0 Å². The summed E-state index contributed by atoms with van der Waals surface area (Å²) in [6.07, 6.45) is 0. The molecule has 2 aromatic rings. The molecule has 0 atom stereocenters. The number of ether oxygens (including phenoxy) is 1. The summed E-state index contributed by atoms with van der Waals surface area (Å²) in [5.41, 5.74) is -0.180. The largest absolute Gasteiger partial charge is 0.490 e. The van der Waals surface area contributed by atoms with Crippen molar-refractivity contribution in [3.05, 3.63) is 58.1 Å². The Bertz CT molecular complexity index is 664. The van der Waals surface area contributed by atoms with Crippen LogP contribution < -0.4 is 4.74 Å². The minimum atomic E-state index is -0.960. The standard InChI is InChI=1S/C13H9F2NO3S/c1-19-13-5-3-9(7-12(13)16(17)18)20-8-2-4-10(14)11(15)6-8/h2-7H,1H3.